The molecule has 2 nitrogen and oxygen atoms in total. The molecule has 1 fully saturated rings. The maximum atomic E-state index is 3.80. The summed E-state index contributed by atoms with van der Waals surface area (Å²) in [6.07, 6.45) is 3.59. The van der Waals surface area contributed by atoms with Gasteiger partial charge in [-0.05, 0) is 37.6 Å². The number of hydrogen-bond acceptors (Lipinski definition) is 3. The Kier molecular flexibility index (Phi) is 7.08. The maximum absolute atomic E-state index is 3.80. The second-order valence-electron chi connectivity index (χ2n) is 6.05. The number of benzene rings is 1. The fourth-order valence-corrected chi connectivity index (χ4v) is 4.34. The predicted molar refractivity (Wildman–Crippen MR) is 95.2 cm³/mol. The van der Waals surface area contributed by atoms with E-state index < -0.39 is 0 Å². The molecule has 1 saturated heterocycles. The van der Waals surface area contributed by atoms with Gasteiger partial charge in [0.1, 0.15) is 0 Å². The highest BCUT2D eigenvalue weighted by Gasteiger charge is 2.28. The second-order valence-corrected chi connectivity index (χ2v) is 7.20. The minimum atomic E-state index is 0.458. The predicted octanol–water partition coefficient (Wildman–Crippen LogP) is 3.73. The number of hydrogen-bond donors (Lipinski definition) is 1. The lowest BCUT2D eigenvalue weighted by Gasteiger charge is -2.38. The lowest BCUT2D eigenvalue weighted by Crippen LogP contribution is -2.48. The van der Waals surface area contributed by atoms with Crippen LogP contribution in [0.5, 0.6) is 0 Å². The minimum absolute atomic E-state index is 0.458. The lowest BCUT2D eigenvalue weighted by atomic mass is 9.96. The molecule has 1 N–H and O–H groups in total. The van der Waals surface area contributed by atoms with Crippen molar-refractivity contribution in [2.45, 2.75) is 45.2 Å². The fourth-order valence-electron chi connectivity index (χ4n) is 3.06. The van der Waals surface area contributed by atoms with Crippen molar-refractivity contribution in [2.24, 2.45) is 0 Å². The number of nitrogens with zero attached hydrogens (tertiary/aromatic N) is 1. The summed E-state index contributed by atoms with van der Waals surface area (Å²) in [6.45, 7) is 6.80. The Morgan fingerprint density at radius 3 is 2.90 bits per heavy atom. The van der Waals surface area contributed by atoms with Gasteiger partial charge in [-0.2, -0.15) is 11.8 Å². The Morgan fingerprint density at radius 2 is 2.19 bits per heavy atom. The zero-order valence-electron chi connectivity index (χ0n) is 13.8. The van der Waals surface area contributed by atoms with Crippen molar-refractivity contribution >= 4 is 11.8 Å². The van der Waals surface area contributed by atoms with Crippen LogP contribution in [0.3, 0.4) is 0 Å². The number of nitrogens with one attached hydrogen (secondary N) is 1. The molecule has 1 heterocycles. The molecule has 0 amide bonds. The normalized spacial score (nSPS) is 21.4. The monoisotopic (exact) mass is 306 g/mol. The third kappa shape index (κ3) is 4.73. The molecule has 0 spiro atoms. The molecular formula is C18H30N2S. The van der Waals surface area contributed by atoms with Gasteiger partial charge in [-0.15, -0.1) is 0 Å². The molecule has 2 atom stereocenters. The lowest BCUT2D eigenvalue weighted by molar-refractivity contribution is 0.215. The summed E-state index contributed by atoms with van der Waals surface area (Å²) in [6, 6.07) is 10.3. The van der Waals surface area contributed by atoms with E-state index in [4.69, 9.17) is 0 Å². The van der Waals surface area contributed by atoms with Gasteiger partial charge >= 0.3 is 0 Å². The fraction of sp³-hybridized carbons (Fsp3) is 0.667. The largest absolute Gasteiger partial charge is 0.309 e. The summed E-state index contributed by atoms with van der Waals surface area (Å²) in [7, 11) is 2.28. The van der Waals surface area contributed by atoms with E-state index in [2.05, 4.69) is 67.1 Å². The van der Waals surface area contributed by atoms with Crippen molar-refractivity contribution in [3.8, 4) is 0 Å². The highest BCUT2D eigenvalue weighted by molar-refractivity contribution is 7.99. The van der Waals surface area contributed by atoms with Gasteiger partial charge in [0.15, 0.2) is 0 Å². The van der Waals surface area contributed by atoms with E-state index >= 15 is 0 Å². The molecule has 1 aliphatic heterocycles. The van der Waals surface area contributed by atoms with Crippen LogP contribution in [-0.4, -0.2) is 42.6 Å². The standard InChI is InChI=1S/C18H30N2S/c1-4-7-15-8-6-9-16(13-15)18(19-10-5-2)17-14-21-12-11-20(17)3/h6,8-9,13,17-19H,4-5,7,10-12,14H2,1-3H3. The number of likely N-dealkylation sites (N-methyl/N-ethyl adjacent to an activating group) is 1. The van der Waals surface area contributed by atoms with Crippen LogP contribution in [0.2, 0.25) is 0 Å². The van der Waals surface area contributed by atoms with Crippen LogP contribution in [0.1, 0.15) is 43.9 Å². The van der Waals surface area contributed by atoms with Crippen LogP contribution in [-0.2, 0) is 6.42 Å². The van der Waals surface area contributed by atoms with Crippen LogP contribution in [0.15, 0.2) is 24.3 Å². The van der Waals surface area contributed by atoms with Crippen LogP contribution < -0.4 is 5.32 Å². The molecule has 2 unspecified atom stereocenters. The van der Waals surface area contributed by atoms with E-state index in [0.717, 1.165) is 6.54 Å². The average molecular weight is 307 g/mol. The summed E-state index contributed by atoms with van der Waals surface area (Å²) < 4.78 is 0. The molecule has 1 aromatic rings. The van der Waals surface area contributed by atoms with Crippen molar-refractivity contribution in [2.75, 3.05) is 31.6 Å². The minimum Gasteiger partial charge on any atom is -0.309 e. The van der Waals surface area contributed by atoms with E-state index in [9.17, 15) is 0 Å². The Hall–Kier alpha value is -0.510. The average Bonchev–Trinajstić information content (AvgIpc) is 2.50. The molecule has 3 heteroatoms. The van der Waals surface area contributed by atoms with Gasteiger partial charge in [0.05, 0.1) is 0 Å². The Morgan fingerprint density at radius 1 is 1.33 bits per heavy atom. The first-order valence-electron chi connectivity index (χ1n) is 8.36. The van der Waals surface area contributed by atoms with Crippen molar-refractivity contribution in [1.29, 1.82) is 0 Å². The molecule has 2 rings (SSSR count). The first kappa shape index (κ1) is 16.9. The molecular weight excluding hydrogens is 276 g/mol. The highest BCUT2D eigenvalue weighted by Crippen LogP contribution is 2.27. The van der Waals surface area contributed by atoms with Gasteiger partial charge in [0.2, 0.25) is 0 Å². The molecule has 21 heavy (non-hydrogen) atoms. The smallest absolute Gasteiger partial charge is 0.0486 e. The SMILES string of the molecule is CCCNC(c1cccc(CCC)c1)C1CSCCN1C. The van der Waals surface area contributed by atoms with Crippen LogP contribution in [0.25, 0.3) is 0 Å². The number of thioether (sulfide) groups is 1. The van der Waals surface area contributed by atoms with E-state index in [0.29, 0.717) is 12.1 Å². The third-order valence-electron chi connectivity index (χ3n) is 4.29. The number of rotatable bonds is 7. The molecule has 0 aliphatic carbocycles. The first-order valence-corrected chi connectivity index (χ1v) is 9.52. The van der Waals surface area contributed by atoms with Crippen molar-refractivity contribution < 1.29 is 0 Å². The van der Waals surface area contributed by atoms with Gasteiger partial charge in [0.25, 0.3) is 0 Å². The molecule has 0 bridgehead atoms. The van der Waals surface area contributed by atoms with Crippen LogP contribution in [0, 0.1) is 0 Å². The quantitative estimate of drug-likeness (QED) is 0.826. The second kappa shape index (κ2) is 8.82. The maximum Gasteiger partial charge on any atom is 0.0486 e. The summed E-state index contributed by atoms with van der Waals surface area (Å²) in [4.78, 5) is 2.54. The summed E-state index contributed by atoms with van der Waals surface area (Å²) in [5.41, 5.74) is 2.94. The van der Waals surface area contributed by atoms with Crippen molar-refractivity contribution in [3.05, 3.63) is 35.4 Å². The first-order chi connectivity index (χ1) is 10.3. The summed E-state index contributed by atoms with van der Waals surface area (Å²) in [5, 5.41) is 3.80. The molecule has 1 aliphatic rings. The molecule has 0 aromatic heterocycles. The van der Waals surface area contributed by atoms with E-state index in [1.54, 1.807) is 0 Å². The number of aryl methyl sites for hydroxylation is 1. The molecule has 118 valence electrons. The van der Waals surface area contributed by atoms with E-state index in [1.165, 1.54) is 48.4 Å². The summed E-state index contributed by atoms with van der Waals surface area (Å²) >= 11 is 2.10. The zero-order chi connectivity index (χ0) is 15.1. The van der Waals surface area contributed by atoms with Crippen molar-refractivity contribution in [3.63, 3.8) is 0 Å². The Labute approximate surface area is 134 Å². The summed E-state index contributed by atoms with van der Waals surface area (Å²) in [5.74, 6) is 2.50. The topological polar surface area (TPSA) is 15.3 Å². The highest BCUT2D eigenvalue weighted by atomic mass is 32.2. The van der Waals surface area contributed by atoms with Gasteiger partial charge in [-0.1, -0.05) is 44.5 Å². The third-order valence-corrected chi connectivity index (χ3v) is 5.34. The van der Waals surface area contributed by atoms with Crippen molar-refractivity contribution in [1.82, 2.24) is 10.2 Å². The molecule has 1 aromatic carbocycles. The Balaban J connectivity index is 2.19. The van der Waals surface area contributed by atoms with Crippen LogP contribution in [0.4, 0.5) is 0 Å². The Bertz CT molecular complexity index is 421. The van der Waals surface area contributed by atoms with Gasteiger partial charge in [-0.3, -0.25) is 4.90 Å². The molecule has 0 radical (unpaired) electrons. The van der Waals surface area contributed by atoms with E-state index in [-0.39, 0.29) is 0 Å². The van der Waals surface area contributed by atoms with Crippen LogP contribution >= 0.6 is 11.8 Å². The zero-order valence-corrected chi connectivity index (χ0v) is 14.6. The van der Waals surface area contributed by atoms with Gasteiger partial charge in [0, 0.05) is 30.1 Å². The molecule has 0 saturated carbocycles. The van der Waals surface area contributed by atoms with Gasteiger partial charge < -0.3 is 5.32 Å². The van der Waals surface area contributed by atoms with E-state index in [1.807, 2.05) is 0 Å². The van der Waals surface area contributed by atoms with Gasteiger partial charge in [-0.25, -0.2) is 0 Å².